The molecule has 6 aromatic rings. The van der Waals surface area contributed by atoms with E-state index in [4.69, 9.17) is 23.2 Å². The molecule has 0 spiro atoms. The second-order valence-corrected chi connectivity index (χ2v) is 7.85. The Bertz CT molecular complexity index is 1420. The van der Waals surface area contributed by atoms with E-state index in [0.717, 1.165) is 42.9 Å². The molecule has 0 bridgehead atoms. The van der Waals surface area contributed by atoms with Crippen LogP contribution in [0.2, 0.25) is 10.0 Å². The topological polar surface area (TPSA) is 9.86 Å². The fourth-order valence-electron chi connectivity index (χ4n) is 4.28. The van der Waals surface area contributed by atoms with Crippen LogP contribution in [0.15, 0.2) is 84.9 Å². The van der Waals surface area contributed by atoms with Gasteiger partial charge in [-0.2, -0.15) is 0 Å². The van der Waals surface area contributed by atoms with Gasteiger partial charge in [-0.15, -0.1) is 0 Å². The summed E-state index contributed by atoms with van der Waals surface area (Å²) < 4.78 is 4.55. The van der Waals surface area contributed by atoms with Gasteiger partial charge in [0.25, 0.3) is 0 Å². The predicted molar refractivity (Wildman–Crippen MR) is 120 cm³/mol. The third-order valence-corrected chi connectivity index (χ3v) is 5.89. The second-order valence-electron chi connectivity index (χ2n) is 6.98. The van der Waals surface area contributed by atoms with Gasteiger partial charge in [-0.05, 0) is 48.5 Å². The SMILES string of the molecule is Clc1ccc2c(c1)c1ccccc1n2-n1c2ccccc2c2cc(Cl)ccc21. The zero-order valence-corrected chi connectivity index (χ0v) is 16.2. The van der Waals surface area contributed by atoms with Crippen molar-refractivity contribution in [2.24, 2.45) is 0 Å². The van der Waals surface area contributed by atoms with Gasteiger partial charge in [0.05, 0.1) is 22.1 Å². The van der Waals surface area contributed by atoms with E-state index in [0.29, 0.717) is 0 Å². The monoisotopic (exact) mass is 400 g/mol. The van der Waals surface area contributed by atoms with Crippen LogP contribution in [0.25, 0.3) is 43.6 Å². The molecule has 4 aromatic carbocycles. The number of fused-ring (bicyclic) bond motifs is 6. The van der Waals surface area contributed by atoms with E-state index in [-0.39, 0.29) is 0 Å². The quantitative estimate of drug-likeness (QED) is 0.270. The van der Waals surface area contributed by atoms with E-state index in [1.807, 2.05) is 24.3 Å². The van der Waals surface area contributed by atoms with E-state index < -0.39 is 0 Å². The van der Waals surface area contributed by atoms with Gasteiger partial charge in [-0.25, -0.2) is 9.35 Å². The van der Waals surface area contributed by atoms with Gasteiger partial charge < -0.3 is 0 Å². The molecule has 0 saturated carbocycles. The number of para-hydroxylation sites is 2. The lowest BCUT2D eigenvalue weighted by Crippen LogP contribution is -2.08. The van der Waals surface area contributed by atoms with Crippen molar-refractivity contribution < 1.29 is 0 Å². The molecule has 0 amide bonds. The van der Waals surface area contributed by atoms with E-state index in [9.17, 15) is 0 Å². The lowest BCUT2D eigenvalue weighted by molar-refractivity contribution is 0.775. The van der Waals surface area contributed by atoms with Crippen LogP contribution in [0, 0.1) is 0 Å². The summed E-state index contributed by atoms with van der Waals surface area (Å²) in [5, 5.41) is 6.12. The maximum Gasteiger partial charge on any atom is 0.0717 e. The lowest BCUT2D eigenvalue weighted by Gasteiger charge is -2.13. The van der Waals surface area contributed by atoms with E-state index >= 15 is 0 Å². The van der Waals surface area contributed by atoms with Crippen LogP contribution in [0.4, 0.5) is 0 Å². The van der Waals surface area contributed by atoms with Crippen molar-refractivity contribution in [3.8, 4) is 0 Å². The first-order valence-electron chi connectivity index (χ1n) is 9.10. The Labute approximate surface area is 171 Å². The van der Waals surface area contributed by atoms with E-state index in [1.54, 1.807) is 0 Å². The molecule has 0 aliphatic heterocycles. The highest BCUT2D eigenvalue weighted by molar-refractivity contribution is 6.32. The van der Waals surface area contributed by atoms with Crippen LogP contribution in [0.5, 0.6) is 0 Å². The normalized spacial score (nSPS) is 11.9. The number of rotatable bonds is 1. The molecule has 28 heavy (non-hydrogen) atoms. The van der Waals surface area contributed by atoms with Gasteiger partial charge in [0.15, 0.2) is 0 Å². The number of nitrogens with zero attached hydrogens (tertiary/aromatic N) is 2. The third-order valence-electron chi connectivity index (χ3n) is 5.42. The highest BCUT2D eigenvalue weighted by Gasteiger charge is 2.17. The summed E-state index contributed by atoms with van der Waals surface area (Å²) in [6.07, 6.45) is 0. The first-order valence-corrected chi connectivity index (χ1v) is 9.86. The molecular weight excluding hydrogens is 387 g/mol. The third kappa shape index (κ3) is 2.10. The molecule has 0 radical (unpaired) electrons. The molecule has 0 aliphatic carbocycles. The molecule has 2 nitrogen and oxygen atoms in total. The maximum atomic E-state index is 6.33. The lowest BCUT2D eigenvalue weighted by atomic mass is 10.2. The van der Waals surface area contributed by atoms with Crippen molar-refractivity contribution in [3.05, 3.63) is 95.0 Å². The van der Waals surface area contributed by atoms with Gasteiger partial charge >= 0.3 is 0 Å². The molecule has 0 atom stereocenters. The van der Waals surface area contributed by atoms with Gasteiger partial charge in [0.1, 0.15) is 0 Å². The van der Waals surface area contributed by atoms with Gasteiger partial charge in [0.2, 0.25) is 0 Å². The summed E-state index contributed by atoms with van der Waals surface area (Å²) in [6.45, 7) is 0. The van der Waals surface area contributed by atoms with Crippen molar-refractivity contribution in [1.82, 2.24) is 9.35 Å². The van der Waals surface area contributed by atoms with Crippen LogP contribution in [0.1, 0.15) is 0 Å². The summed E-state index contributed by atoms with van der Waals surface area (Å²) in [7, 11) is 0. The first kappa shape index (κ1) is 16.1. The highest BCUT2D eigenvalue weighted by Crippen LogP contribution is 2.36. The minimum atomic E-state index is 0.740. The number of hydrogen-bond acceptors (Lipinski definition) is 0. The maximum absolute atomic E-state index is 6.33. The van der Waals surface area contributed by atoms with Crippen molar-refractivity contribution >= 4 is 66.8 Å². The Kier molecular flexibility index (Phi) is 3.31. The van der Waals surface area contributed by atoms with Gasteiger partial charge in [0, 0.05) is 31.6 Å². The molecule has 0 N–H and O–H groups in total. The summed E-state index contributed by atoms with van der Waals surface area (Å²) in [5.41, 5.74) is 4.50. The standard InChI is InChI=1S/C24H14Cl2N2/c25-15-9-11-23-19(13-15)17-5-1-3-7-21(17)27(23)28-22-8-4-2-6-18(22)20-14-16(26)10-12-24(20)28/h1-14H. The minimum Gasteiger partial charge on any atom is -0.248 e. The van der Waals surface area contributed by atoms with Crippen molar-refractivity contribution in [2.75, 3.05) is 0 Å². The Hall–Kier alpha value is -2.94. The molecule has 2 aromatic heterocycles. The molecule has 134 valence electrons. The largest absolute Gasteiger partial charge is 0.248 e. The molecular formula is C24H14Cl2N2. The highest BCUT2D eigenvalue weighted by atomic mass is 35.5. The minimum absolute atomic E-state index is 0.740. The van der Waals surface area contributed by atoms with E-state index in [1.165, 1.54) is 10.8 Å². The second kappa shape index (κ2) is 5.78. The van der Waals surface area contributed by atoms with Gasteiger partial charge in [-0.1, -0.05) is 59.6 Å². The summed E-state index contributed by atoms with van der Waals surface area (Å²) in [5.74, 6) is 0. The molecule has 0 fully saturated rings. The Morgan fingerprint density at radius 1 is 0.429 bits per heavy atom. The molecule has 0 unspecified atom stereocenters. The Morgan fingerprint density at radius 2 is 0.821 bits per heavy atom. The summed E-state index contributed by atoms with van der Waals surface area (Å²) in [6, 6.07) is 29.0. The number of benzene rings is 4. The number of aromatic nitrogens is 2. The molecule has 6 rings (SSSR count). The van der Waals surface area contributed by atoms with E-state index in [2.05, 4.69) is 70.0 Å². The molecule has 4 heteroatoms. The number of halogens is 2. The zero-order valence-electron chi connectivity index (χ0n) is 14.7. The summed E-state index contributed by atoms with van der Waals surface area (Å²) >= 11 is 12.7. The van der Waals surface area contributed by atoms with Crippen molar-refractivity contribution in [3.63, 3.8) is 0 Å². The smallest absolute Gasteiger partial charge is 0.0717 e. The fourth-order valence-corrected chi connectivity index (χ4v) is 4.62. The average Bonchev–Trinajstić information content (AvgIpc) is 3.20. The number of hydrogen-bond donors (Lipinski definition) is 0. The van der Waals surface area contributed by atoms with Crippen LogP contribution in [0.3, 0.4) is 0 Å². The average molecular weight is 401 g/mol. The van der Waals surface area contributed by atoms with Crippen molar-refractivity contribution in [1.29, 1.82) is 0 Å². The van der Waals surface area contributed by atoms with Crippen molar-refractivity contribution in [2.45, 2.75) is 0 Å². The first-order chi connectivity index (χ1) is 13.7. The Morgan fingerprint density at radius 3 is 1.29 bits per heavy atom. The molecule has 0 saturated heterocycles. The summed E-state index contributed by atoms with van der Waals surface area (Å²) in [4.78, 5) is 0. The van der Waals surface area contributed by atoms with Crippen LogP contribution in [-0.2, 0) is 0 Å². The Balaban J connectivity index is 1.90. The van der Waals surface area contributed by atoms with Crippen LogP contribution >= 0.6 is 23.2 Å². The molecule has 2 heterocycles. The predicted octanol–water partition coefficient (Wildman–Crippen LogP) is 7.52. The van der Waals surface area contributed by atoms with Gasteiger partial charge in [-0.3, -0.25) is 0 Å². The van der Waals surface area contributed by atoms with Crippen LogP contribution in [-0.4, -0.2) is 9.35 Å². The molecule has 0 aliphatic rings. The zero-order chi connectivity index (χ0) is 18.8. The van der Waals surface area contributed by atoms with Crippen LogP contribution < -0.4 is 0 Å². The fraction of sp³-hybridized carbons (Fsp3) is 0.